The van der Waals surface area contributed by atoms with Gasteiger partial charge in [-0.15, -0.1) is 0 Å². The molecule has 1 N–H and O–H groups in total. The third kappa shape index (κ3) is 2.31. The van der Waals surface area contributed by atoms with Crippen LogP contribution in [0.3, 0.4) is 0 Å². The molecule has 0 atom stereocenters. The van der Waals surface area contributed by atoms with Gasteiger partial charge in [0.15, 0.2) is 0 Å². The average molecular weight is 235 g/mol. The lowest BCUT2D eigenvalue weighted by atomic mass is 10.00. The lowest BCUT2D eigenvalue weighted by Crippen LogP contribution is -2.30. The maximum Gasteiger partial charge on any atom is 0.0992 e. The van der Waals surface area contributed by atoms with E-state index >= 15 is 0 Å². The summed E-state index contributed by atoms with van der Waals surface area (Å²) in [4.78, 5) is 0. The first-order valence-electron chi connectivity index (χ1n) is 5.61. The number of nitrogens with one attached hydrogen (secondary N) is 1. The number of hydrogen-bond acceptors (Lipinski definition) is 2. The van der Waals surface area contributed by atoms with E-state index in [0.717, 1.165) is 5.69 Å². The van der Waals surface area contributed by atoms with E-state index in [9.17, 15) is 0 Å². The summed E-state index contributed by atoms with van der Waals surface area (Å²) < 4.78 is 0. The monoisotopic (exact) mass is 234 g/mol. The second-order valence-corrected chi connectivity index (χ2v) is 5.11. The number of hydrogen-bond donors (Lipinski definition) is 1. The first-order chi connectivity index (χ1) is 7.63. The molecular formula is C13H15ClN2. The van der Waals surface area contributed by atoms with Crippen LogP contribution in [0.15, 0.2) is 18.2 Å². The zero-order chi connectivity index (χ0) is 11.6. The molecule has 2 rings (SSSR count). The van der Waals surface area contributed by atoms with Crippen LogP contribution in [0.2, 0.25) is 5.02 Å². The van der Waals surface area contributed by atoms with E-state index in [0.29, 0.717) is 10.6 Å². The van der Waals surface area contributed by atoms with Crippen LogP contribution in [0.25, 0.3) is 0 Å². The minimum Gasteiger partial charge on any atom is -0.379 e. The molecule has 0 amide bonds. The number of benzene rings is 1. The Morgan fingerprint density at radius 1 is 1.38 bits per heavy atom. The number of rotatable bonds is 2. The molecule has 1 aromatic rings. The third-order valence-corrected chi connectivity index (χ3v) is 3.55. The highest BCUT2D eigenvalue weighted by molar-refractivity contribution is 6.33. The van der Waals surface area contributed by atoms with Crippen molar-refractivity contribution in [1.29, 1.82) is 5.26 Å². The Kier molecular flexibility index (Phi) is 3.07. The molecule has 0 saturated heterocycles. The molecule has 1 aliphatic rings. The van der Waals surface area contributed by atoms with Crippen LogP contribution < -0.4 is 5.32 Å². The van der Waals surface area contributed by atoms with Crippen molar-refractivity contribution in [3.63, 3.8) is 0 Å². The molecule has 0 aliphatic heterocycles. The lowest BCUT2D eigenvalue weighted by Gasteiger charge is -2.27. The Hall–Kier alpha value is -1.20. The Bertz CT molecular complexity index is 428. The highest BCUT2D eigenvalue weighted by Gasteiger charge is 2.28. The SMILES string of the molecule is CC1(Nc2ccc(C#N)cc2Cl)CCCC1. The van der Waals surface area contributed by atoms with Crippen molar-refractivity contribution < 1.29 is 0 Å². The third-order valence-electron chi connectivity index (χ3n) is 3.24. The van der Waals surface area contributed by atoms with E-state index in [1.54, 1.807) is 12.1 Å². The van der Waals surface area contributed by atoms with Crippen molar-refractivity contribution in [2.45, 2.75) is 38.1 Å². The van der Waals surface area contributed by atoms with Gasteiger partial charge in [0.05, 0.1) is 22.3 Å². The predicted octanol–water partition coefficient (Wildman–Crippen LogP) is 3.96. The minimum absolute atomic E-state index is 0.164. The molecule has 0 spiro atoms. The average Bonchev–Trinajstić information content (AvgIpc) is 2.68. The number of anilines is 1. The topological polar surface area (TPSA) is 35.8 Å². The van der Waals surface area contributed by atoms with E-state index in [4.69, 9.17) is 16.9 Å². The van der Waals surface area contributed by atoms with Gasteiger partial charge in [0.2, 0.25) is 0 Å². The maximum atomic E-state index is 8.76. The number of nitrogens with zero attached hydrogens (tertiary/aromatic N) is 1. The van der Waals surface area contributed by atoms with Gasteiger partial charge in [-0.1, -0.05) is 24.4 Å². The van der Waals surface area contributed by atoms with Gasteiger partial charge >= 0.3 is 0 Å². The Balaban J connectivity index is 2.19. The standard InChI is InChI=1S/C13H15ClN2/c1-13(6-2-3-7-13)16-12-5-4-10(9-15)8-11(12)14/h4-5,8,16H,2-3,6-7H2,1H3. The van der Waals surface area contributed by atoms with E-state index in [1.165, 1.54) is 25.7 Å². The number of halogens is 1. The molecular weight excluding hydrogens is 220 g/mol. The van der Waals surface area contributed by atoms with Crippen molar-refractivity contribution in [2.75, 3.05) is 5.32 Å². The molecule has 84 valence electrons. The highest BCUT2D eigenvalue weighted by Crippen LogP contribution is 2.34. The molecule has 0 radical (unpaired) electrons. The van der Waals surface area contributed by atoms with Crippen molar-refractivity contribution >= 4 is 17.3 Å². The molecule has 1 fully saturated rings. The fraction of sp³-hybridized carbons (Fsp3) is 0.462. The normalized spacial score (nSPS) is 18.1. The van der Waals surface area contributed by atoms with E-state index in [1.807, 2.05) is 6.07 Å². The molecule has 16 heavy (non-hydrogen) atoms. The summed E-state index contributed by atoms with van der Waals surface area (Å²) in [6.45, 7) is 2.23. The van der Waals surface area contributed by atoms with Crippen LogP contribution in [0.5, 0.6) is 0 Å². The van der Waals surface area contributed by atoms with Crippen molar-refractivity contribution in [1.82, 2.24) is 0 Å². The lowest BCUT2D eigenvalue weighted by molar-refractivity contribution is 0.533. The van der Waals surface area contributed by atoms with Gasteiger partial charge in [-0.2, -0.15) is 5.26 Å². The molecule has 0 unspecified atom stereocenters. The highest BCUT2D eigenvalue weighted by atomic mass is 35.5. The van der Waals surface area contributed by atoms with Gasteiger partial charge in [0, 0.05) is 5.54 Å². The smallest absolute Gasteiger partial charge is 0.0992 e. The molecule has 0 aromatic heterocycles. The summed E-state index contributed by atoms with van der Waals surface area (Å²) in [6.07, 6.45) is 4.92. The number of nitriles is 1. The summed E-state index contributed by atoms with van der Waals surface area (Å²) in [5.41, 5.74) is 1.70. The second-order valence-electron chi connectivity index (χ2n) is 4.70. The van der Waals surface area contributed by atoms with Gasteiger partial charge in [-0.05, 0) is 38.0 Å². The van der Waals surface area contributed by atoms with E-state index in [2.05, 4.69) is 18.3 Å². The molecule has 2 nitrogen and oxygen atoms in total. The quantitative estimate of drug-likeness (QED) is 0.841. The summed E-state index contributed by atoms with van der Waals surface area (Å²) in [5, 5.41) is 12.9. The Morgan fingerprint density at radius 2 is 2.06 bits per heavy atom. The first kappa shape index (κ1) is 11.3. The summed E-state index contributed by atoms with van der Waals surface area (Å²) >= 11 is 6.13. The van der Waals surface area contributed by atoms with Crippen LogP contribution in [0, 0.1) is 11.3 Å². The minimum atomic E-state index is 0.164. The second kappa shape index (κ2) is 4.35. The Labute approximate surface area is 101 Å². The predicted molar refractivity (Wildman–Crippen MR) is 66.7 cm³/mol. The van der Waals surface area contributed by atoms with Crippen LogP contribution in [0.1, 0.15) is 38.2 Å². The molecule has 0 bridgehead atoms. The van der Waals surface area contributed by atoms with E-state index < -0.39 is 0 Å². The molecule has 1 aromatic carbocycles. The van der Waals surface area contributed by atoms with Gasteiger partial charge in [0.1, 0.15) is 0 Å². The van der Waals surface area contributed by atoms with Crippen molar-refractivity contribution in [3.05, 3.63) is 28.8 Å². The van der Waals surface area contributed by atoms with Crippen molar-refractivity contribution in [3.8, 4) is 6.07 Å². The van der Waals surface area contributed by atoms with Gasteiger partial charge in [0.25, 0.3) is 0 Å². The maximum absolute atomic E-state index is 8.76. The summed E-state index contributed by atoms with van der Waals surface area (Å²) in [6, 6.07) is 7.49. The fourth-order valence-corrected chi connectivity index (χ4v) is 2.52. The molecule has 1 saturated carbocycles. The zero-order valence-corrected chi connectivity index (χ0v) is 10.1. The fourth-order valence-electron chi connectivity index (χ4n) is 2.29. The molecule has 1 aliphatic carbocycles. The van der Waals surface area contributed by atoms with Crippen molar-refractivity contribution in [2.24, 2.45) is 0 Å². The van der Waals surface area contributed by atoms with Crippen LogP contribution in [-0.4, -0.2) is 5.54 Å². The van der Waals surface area contributed by atoms with Crippen LogP contribution >= 0.6 is 11.6 Å². The largest absolute Gasteiger partial charge is 0.379 e. The van der Waals surface area contributed by atoms with Crippen LogP contribution in [0.4, 0.5) is 5.69 Å². The van der Waals surface area contributed by atoms with Crippen LogP contribution in [-0.2, 0) is 0 Å². The summed E-state index contributed by atoms with van der Waals surface area (Å²) in [7, 11) is 0. The molecule has 3 heteroatoms. The first-order valence-corrected chi connectivity index (χ1v) is 5.99. The molecule has 0 heterocycles. The van der Waals surface area contributed by atoms with Gasteiger partial charge in [-0.25, -0.2) is 0 Å². The van der Waals surface area contributed by atoms with Gasteiger partial charge < -0.3 is 5.32 Å². The van der Waals surface area contributed by atoms with Gasteiger partial charge in [-0.3, -0.25) is 0 Å². The Morgan fingerprint density at radius 3 is 2.62 bits per heavy atom. The van der Waals surface area contributed by atoms with E-state index in [-0.39, 0.29) is 5.54 Å². The zero-order valence-electron chi connectivity index (χ0n) is 9.39. The summed E-state index contributed by atoms with van der Waals surface area (Å²) in [5.74, 6) is 0.